The largest absolute Gasteiger partial charge is 0.493 e. The molecule has 4 rings (SSSR count). The van der Waals surface area contributed by atoms with E-state index in [4.69, 9.17) is 15.0 Å². The molecule has 2 fully saturated rings. The van der Waals surface area contributed by atoms with Crippen molar-refractivity contribution in [2.45, 2.75) is 63.6 Å². The molecule has 9 nitrogen and oxygen atoms in total. The number of halogens is 3. The monoisotopic (exact) mass is 522 g/mol. The molecule has 2 heterocycles. The van der Waals surface area contributed by atoms with Gasteiger partial charge in [0.1, 0.15) is 11.8 Å². The number of nitrogens with two attached hydrogens (primary N) is 1. The lowest BCUT2D eigenvalue weighted by Gasteiger charge is -2.22. The number of hydrogen-bond acceptors (Lipinski definition) is 5. The van der Waals surface area contributed by atoms with Gasteiger partial charge in [0.15, 0.2) is 0 Å². The van der Waals surface area contributed by atoms with Crippen LogP contribution in [0.5, 0.6) is 5.75 Å². The van der Waals surface area contributed by atoms with Crippen LogP contribution in [0.1, 0.15) is 68.9 Å². The number of likely N-dealkylation sites (tertiary alicyclic amines) is 1. The van der Waals surface area contributed by atoms with Gasteiger partial charge in [0.25, 0.3) is 0 Å². The molecule has 1 aromatic heterocycles. The van der Waals surface area contributed by atoms with Crippen molar-refractivity contribution in [3.8, 4) is 17.1 Å². The number of aromatic nitrogens is 2. The Hall–Kier alpha value is -3.31. The molecule has 2 aliphatic rings. The van der Waals surface area contributed by atoms with Gasteiger partial charge in [0, 0.05) is 26.2 Å². The standard InChI is InChI=1S/C25H33F3N6O3/c1-33(2)24(35)31-23(29)34-13-6-9-19(34)22-30-21(32-37-22)17-10-11-20(18(15-17)25(26,27)28)36-14-12-16-7-4-3-5-8-16/h10-11,15-16,19H,3-9,12-14H2,1-2H3,(H2,29,31,35)/t19-/m0/s1. The maximum atomic E-state index is 13.9. The van der Waals surface area contributed by atoms with E-state index in [0.717, 1.165) is 31.7 Å². The van der Waals surface area contributed by atoms with Crippen LogP contribution in [0.3, 0.4) is 0 Å². The minimum Gasteiger partial charge on any atom is -0.493 e. The van der Waals surface area contributed by atoms with Crippen LogP contribution >= 0.6 is 0 Å². The van der Waals surface area contributed by atoms with Crippen LogP contribution in [0.2, 0.25) is 0 Å². The van der Waals surface area contributed by atoms with Crippen molar-refractivity contribution >= 4 is 12.0 Å². The van der Waals surface area contributed by atoms with E-state index in [1.165, 1.54) is 36.3 Å². The first-order valence-corrected chi connectivity index (χ1v) is 12.6. The third-order valence-corrected chi connectivity index (χ3v) is 6.92. The number of ether oxygens (including phenoxy) is 1. The Morgan fingerprint density at radius 1 is 1.22 bits per heavy atom. The number of rotatable bonds is 6. The molecule has 0 bridgehead atoms. The minimum absolute atomic E-state index is 0.0232. The highest BCUT2D eigenvalue weighted by molar-refractivity contribution is 5.91. The molecule has 202 valence electrons. The van der Waals surface area contributed by atoms with E-state index in [2.05, 4.69) is 15.1 Å². The van der Waals surface area contributed by atoms with Crippen LogP contribution in [-0.4, -0.2) is 59.2 Å². The predicted octanol–water partition coefficient (Wildman–Crippen LogP) is 5.24. The Morgan fingerprint density at radius 2 is 1.97 bits per heavy atom. The third kappa shape index (κ3) is 6.53. The molecule has 37 heavy (non-hydrogen) atoms. The summed E-state index contributed by atoms with van der Waals surface area (Å²) in [5.74, 6) is 0.558. The summed E-state index contributed by atoms with van der Waals surface area (Å²) in [5.41, 5.74) is 5.32. The maximum Gasteiger partial charge on any atom is 0.419 e. The van der Waals surface area contributed by atoms with Gasteiger partial charge in [-0.1, -0.05) is 37.3 Å². The van der Waals surface area contributed by atoms with Gasteiger partial charge in [-0.3, -0.25) is 0 Å². The zero-order valence-electron chi connectivity index (χ0n) is 21.1. The molecule has 2 N–H and O–H groups in total. The zero-order valence-corrected chi connectivity index (χ0v) is 21.1. The number of carbonyl (C=O) groups excluding carboxylic acids is 1. The zero-order chi connectivity index (χ0) is 26.6. The maximum absolute atomic E-state index is 13.9. The van der Waals surface area contributed by atoms with Crippen molar-refractivity contribution in [2.24, 2.45) is 16.6 Å². The fraction of sp³-hybridized carbons (Fsp3) is 0.600. The van der Waals surface area contributed by atoms with E-state index in [1.807, 2.05) is 0 Å². The molecule has 0 unspecified atom stereocenters. The summed E-state index contributed by atoms with van der Waals surface area (Å²) in [7, 11) is 3.13. The van der Waals surface area contributed by atoms with Crippen molar-refractivity contribution in [3.05, 3.63) is 29.7 Å². The number of alkyl halides is 3. The molecule has 1 aliphatic carbocycles. The molecular weight excluding hydrogens is 489 g/mol. The van der Waals surface area contributed by atoms with Gasteiger partial charge in [0.05, 0.1) is 12.2 Å². The molecule has 0 radical (unpaired) electrons. The molecular formula is C25H33F3N6O3. The third-order valence-electron chi connectivity index (χ3n) is 6.92. The summed E-state index contributed by atoms with van der Waals surface area (Å²) in [5, 5.41) is 3.91. The van der Waals surface area contributed by atoms with E-state index in [0.29, 0.717) is 18.9 Å². The van der Waals surface area contributed by atoms with E-state index < -0.39 is 23.8 Å². The van der Waals surface area contributed by atoms with E-state index in [1.54, 1.807) is 19.0 Å². The van der Waals surface area contributed by atoms with Crippen molar-refractivity contribution in [3.63, 3.8) is 0 Å². The molecule has 1 saturated carbocycles. The Labute approximate surface area is 213 Å². The summed E-state index contributed by atoms with van der Waals surface area (Å²) in [6.45, 7) is 0.778. The van der Waals surface area contributed by atoms with Crippen LogP contribution in [0.25, 0.3) is 11.4 Å². The fourth-order valence-electron chi connectivity index (χ4n) is 4.88. The second-order valence-corrected chi connectivity index (χ2v) is 9.80. The van der Waals surface area contributed by atoms with E-state index >= 15 is 0 Å². The number of amides is 2. The fourth-order valence-corrected chi connectivity index (χ4v) is 4.88. The van der Waals surface area contributed by atoms with Gasteiger partial charge in [-0.2, -0.15) is 23.1 Å². The lowest BCUT2D eigenvalue weighted by molar-refractivity contribution is -0.138. The topological polar surface area (TPSA) is 110 Å². The molecule has 1 saturated heterocycles. The quantitative estimate of drug-likeness (QED) is 0.408. The Kier molecular flexibility index (Phi) is 8.23. The average Bonchev–Trinajstić information content (AvgIpc) is 3.54. The van der Waals surface area contributed by atoms with Crippen LogP contribution in [0.15, 0.2) is 27.7 Å². The smallest absolute Gasteiger partial charge is 0.419 e. The van der Waals surface area contributed by atoms with Gasteiger partial charge in [-0.05, 0) is 43.4 Å². The highest BCUT2D eigenvalue weighted by Crippen LogP contribution is 2.39. The number of guanidine groups is 1. The molecule has 1 aliphatic heterocycles. The number of benzene rings is 1. The normalized spacial score (nSPS) is 19.3. The predicted molar refractivity (Wildman–Crippen MR) is 131 cm³/mol. The summed E-state index contributed by atoms with van der Waals surface area (Å²) < 4.78 is 52.6. The number of hydrogen-bond donors (Lipinski definition) is 1. The van der Waals surface area contributed by atoms with Crippen LogP contribution in [-0.2, 0) is 6.18 Å². The van der Waals surface area contributed by atoms with E-state index in [9.17, 15) is 18.0 Å². The summed E-state index contributed by atoms with van der Waals surface area (Å²) >= 11 is 0. The van der Waals surface area contributed by atoms with E-state index in [-0.39, 0.29) is 35.6 Å². The van der Waals surface area contributed by atoms with Crippen LogP contribution in [0, 0.1) is 5.92 Å². The number of urea groups is 1. The Balaban J connectivity index is 1.50. The highest BCUT2D eigenvalue weighted by Gasteiger charge is 2.36. The highest BCUT2D eigenvalue weighted by atomic mass is 19.4. The lowest BCUT2D eigenvalue weighted by Crippen LogP contribution is -2.38. The second-order valence-electron chi connectivity index (χ2n) is 9.80. The first kappa shape index (κ1) is 26.7. The van der Waals surface area contributed by atoms with Crippen molar-refractivity contribution in [1.82, 2.24) is 19.9 Å². The molecule has 12 heteroatoms. The SMILES string of the molecule is CN(C)C(=O)/N=C(/N)N1CCC[C@H]1c1nc(-c2ccc(OCCC3CCCCC3)c(C(F)(F)F)c2)no1. The second kappa shape index (κ2) is 11.4. The number of nitrogens with zero attached hydrogens (tertiary/aromatic N) is 5. The van der Waals surface area contributed by atoms with Gasteiger partial charge in [0.2, 0.25) is 17.7 Å². The number of carbonyl (C=O) groups is 1. The van der Waals surface area contributed by atoms with Crippen molar-refractivity contribution < 1.29 is 27.2 Å². The average molecular weight is 523 g/mol. The molecule has 0 spiro atoms. The van der Waals surface area contributed by atoms with Crippen molar-refractivity contribution in [2.75, 3.05) is 27.2 Å². The van der Waals surface area contributed by atoms with Gasteiger partial charge >= 0.3 is 12.2 Å². The minimum atomic E-state index is -4.60. The first-order chi connectivity index (χ1) is 17.6. The number of aliphatic imine (C=N–C) groups is 1. The summed E-state index contributed by atoms with van der Waals surface area (Å²) in [4.78, 5) is 23.1. The molecule has 1 aromatic carbocycles. The van der Waals surface area contributed by atoms with Gasteiger partial charge in [-0.25, -0.2) is 4.79 Å². The Bertz CT molecular complexity index is 1110. The van der Waals surface area contributed by atoms with Crippen LogP contribution in [0.4, 0.5) is 18.0 Å². The lowest BCUT2D eigenvalue weighted by atomic mass is 9.87. The van der Waals surface area contributed by atoms with Gasteiger partial charge < -0.3 is 24.8 Å². The van der Waals surface area contributed by atoms with Crippen LogP contribution < -0.4 is 10.5 Å². The molecule has 1 atom stereocenters. The first-order valence-electron chi connectivity index (χ1n) is 12.6. The molecule has 2 aromatic rings. The van der Waals surface area contributed by atoms with Crippen molar-refractivity contribution in [1.29, 1.82) is 0 Å². The molecule has 2 amide bonds. The van der Waals surface area contributed by atoms with Gasteiger partial charge in [-0.15, -0.1) is 0 Å². The Morgan fingerprint density at radius 3 is 2.68 bits per heavy atom. The summed E-state index contributed by atoms with van der Waals surface area (Å²) in [6.07, 6.45) is 3.30. The summed E-state index contributed by atoms with van der Waals surface area (Å²) in [6, 6.07) is 2.87.